The molecule has 0 radical (unpaired) electrons. The van der Waals surface area contributed by atoms with Crippen molar-refractivity contribution in [3.05, 3.63) is 11.6 Å². The second kappa shape index (κ2) is 3.67. The van der Waals surface area contributed by atoms with Gasteiger partial charge in [-0.15, -0.1) is 0 Å². The van der Waals surface area contributed by atoms with Gasteiger partial charge in [-0.25, -0.2) is 4.98 Å². The van der Waals surface area contributed by atoms with E-state index in [1.165, 1.54) is 0 Å². The smallest absolute Gasteiger partial charge is 0.167 e. The first-order chi connectivity index (χ1) is 5.59. The number of rotatable bonds is 3. The van der Waals surface area contributed by atoms with Crippen LogP contribution >= 0.6 is 0 Å². The number of H-pyrrole nitrogens is 1. The Hall–Kier alpha value is -0.900. The first-order valence-electron chi connectivity index (χ1n) is 4.26. The Morgan fingerprint density at radius 3 is 2.50 bits per heavy atom. The maximum atomic E-state index is 5.61. The molecule has 1 atom stereocenters. The van der Waals surface area contributed by atoms with Gasteiger partial charge < -0.3 is 5.73 Å². The summed E-state index contributed by atoms with van der Waals surface area (Å²) in [7, 11) is 0. The molecule has 3 N–H and O–H groups in total. The van der Waals surface area contributed by atoms with Crippen molar-refractivity contribution in [3.8, 4) is 0 Å². The van der Waals surface area contributed by atoms with E-state index < -0.39 is 0 Å². The highest BCUT2D eigenvalue weighted by molar-refractivity contribution is 4.94. The van der Waals surface area contributed by atoms with Gasteiger partial charge in [0.25, 0.3) is 0 Å². The van der Waals surface area contributed by atoms with Crippen molar-refractivity contribution in [2.45, 2.75) is 33.2 Å². The van der Waals surface area contributed by atoms with E-state index in [4.69, 9.17) is 5.73 Å². The van der Waals surface area contributed by atoms with Crippen molar-refractivity contribution in [2.24, 2.45) is 11.7 Å². The fraction of sp³-hybridized carbons (Fsp3) is 0.750. The van der Waals surface area contributed by atoms with Crippen LogP contribution in [0.15, 0.2) is 0 Å². The van der Waals surface area contributed by atoms with Crippen LogP contribution in [0.25, 0.3) is 0 Å². The lowest BCUT2D eigenvalue weighted by Gasteiger charge is -1.98. The summed E-state index contributed by atoms with van der Waals surface area (Å²) < 4.78 is 0. The molecule has 1 heterocycles. The summed E-state index contributed by atoms with van der Waals surface area (Å²) in [6.07, 6.45) is 0.930. The molecule has 0 saturated heterocycles. The lowest BCUT2D eigenvalue weighted by molar-refractivity contribution is 0.621. The number of nitrogens with zero attached hydrogens (tertiary/aromatic N) is 2. The van der Waals surface area contributed by atoms with Gasteiger partial charge in [0.15, 0.2) is 5.82 Å². The topological polar surface area (TPSA) is 67.6 Å². The molecule has 1 aromatic rings. The summed E-state index contributed by atoms with van der Waals surface area (Å²) in [5.41, 5.74) is 5.61. The number of aromatic nitrogens is 3. The van der Waals surface area contributed by atoms with Crippen molar-refractivity contribution in [2.75, 3.05) is 0 Å². The summed E-state index contributed by atoms with van der Waals surface area (Å²) in [5.74, 6) is 2.22. The van der Waals surface area contributed by atoms with Crippen LogP contribution in [0, 0.1) is 5.92 Å². The van der Waals surface area contributed by atoms with Gasteiger partial charge in [0, 0.05) is 6.42 Å². The van der Waals surface area contributed by atoms with Crippen LogP contribution in [0.5, 0.6) is 0 Å². The third-order valence-corrected chi connectivity index (χ3v) is 1.56. The highest BCUT2D eigenvalue weighted by Crippen LogP contribution is 2.06. The van der Waals surface area contributed by atoms with Crippen LogP contribution < -0.4 is 5.73 Å². The highest BCUT2D eigenvalue weighted by atomic mass is 15.2. The van der Waals surface area contributed by atoms with Gasteiger partial charge in [-0.3, -0.25) is 5.10 Å². The zero-order chi connectivity index (χ0) is 9.14. The van der Waals surface area contributed by atoms with E-state index in [0.29, 0.717) is 11.7 Å². The van der Waals surface area contributed by atoms with Crippen LogP contribution in [0.4, 0.5) is 0 Å². The molecule has 68 valence electrons. The van der Waals surface area contributed by atoms with Crippen molar-refractivity contribution in [1.29, 1.82) is 0 Å². The molecular weight excluding hydrogens is 152 g/mol. The van der Waals surface area contributed by atoms with Crippen molar-refractivity contribution < 1.29 is 0 Å². The quantitative estimate of drug-likeness (QED) is 0.708. The molecule has 0 saturated carbocycles. The van der Waals surface area contributed by atoms with Crippen LogP contribution in [0.2, 0.25) is 0 Å². The summed E-state index contributed by atoms with van der Waals surface area (Å²) >= 11 is 0. The monoisotopic (exact) mass is 168 g/mol. The van der Waals surface area contributed by atoms with Gasteiger partial charge in [0.2, 0.25) is 0 Å². The molecule has 0 fully saturated rings. The molecule has 0 amide bonds. The minimum Gasteiger partial charge on any atom is -0.321 e. The van der Waals surface area contributed by atoms with E-state index in [0.717, 1.165) is 12.2 Å². The summed E-state index contributed by atoms with van der Waals surface area (Å²) in [4.78, 5) is 4.26. The normalized spacial score (nSPS) is 13.8. The molecule has 1 aromatic heterocycles. The Labute approximate surface area is 72.6 Å². The minimum absolute atomic E-state index is 0.0813. The number of aromatic amines is 1. The number of hydrogen-bond acceptors (Lipinski definition) is 3. The van der Waals surface area contributed by atoms with Gasteiger partial charge in [-0.2, -0.15) is 5.10 Å². The molecule has 0 aromatic carbocycles. The third-order valence-electron chi connectivity index (χ3n) is 1.56. The summed E-state index contributed by atoms with van der Waals surface area (Å²) in [5, 5.41) is 6.88. The zero-order valence-electron chi connectivity index (χ0n) is 7.83. The predicted molar refractivity (Wildman–Crippen MR) is 47.5 cm³/mol. The molecule has 4 nitrogen and oxygen atoms in total. The molecule has 4 heteroatoms. The van der Waals surface area contributed by atoms with Crippen LogP contribution in [-0.2, 0) is 6.42 Å². The Morgan fingerprint density at radius 1 is 1.42 bits per heavy atom. The average molecular weight is 168 g/mol. The maximum absolute atomic E-state index is 5.61. The minimum atomic E-state index is -0.0813. The Bertz CT molecular complexity index is 239. The van der Waals surface area contributed by atoms with Crippen LogP contribution in [0.3, 0.4) is 0 Å². The number of nitrogens with one attached hydrogen (secondary N) is 1. The summed E-state index contributed by atoms with van der Waals surface area (Å²) in [6.45, 7) is 6.17. The molecule has 0 spiro atoms. The molecule has 0 unspecified atom stereocenters. The van der Waals surface area contributed by atoms with Crippen LogP contribution in [-0.4, -0.2) is 15.2 Å². The van der Waals surface area contributed by atoms with Crippen molar-refractivity contribution in [1.82, 2.24) is 15.2 Å². The van der Waals surface area contributed by atoms with E-state index in [1.807, 2.05) is 6.92 Å². The molecule has 12 heavy (non-hydrogen) atoms. The fourth-order valence-electron chi connectivity index (χ4n) is 0.992. The SMILES string of the molecule is CC(C)Cc1nc([C@H](C)N)n[nH]1. The molecule has 0 aliphatic rings. The van der Waals surface area contributed by atoms with E-state index in [-0.39, 0.29) is 6.04 Å². The van der Waals surface area contributed by atoms with Crippen molar-refractivity contribution >= 4 is 0 Å². The number of nitrogens with two attached hydrogens (primary N) is 1. The average Bonchev–Trinajstić information content (AvgIpc) is 2.34. The molecule has 0 aliphatic heterocycles. The first-order valence-corrected chi connectivity index (χ1v) is 4.26. The van der Waals surface area contributed by atoms with Gasteiger partial charge in [-0.05, 0) is 12.8 Å². The standard InChI is InChI=1S/C8H16N4/c1-5(2)4-7-10-8(6(3)9)12-11-7/h5-6H,4,9H2,1-3H3,(H,10,11,12)/t6-/m0/s1. The molecule has 1 rings (SSSR count). The maximum Gasteiger partial charge on any atom is 0.167 e. The van der Waals surface area contributed by atoms with Gasteiger partial charge >= 0.3 is 0 Å². The van der Waals surface area contributed by atoms with E-state index in [2.05, 4.69) is 29.0 Å². The van der Waals surface area contributed by atoms with E-state index >= 15 is 0 Å². The lowest BCUT2D eigenvalue weighted by atomic mass is 10.1. The lowest BCUT2D eigenvalue weighted by Crippen LogP contribution is -2.07. The summed E-state index contributed by atoms with van der Waals surface area (Å²) in [6, 6.07) is -0.0813. The number of hydrogen-bond donors (Lipinski definition) is 2. The second-order valence-electron chi connectivity index (χ2n) is 3.53. The van der Waals surface area contributed by atoms with Gasteiger partial charge in [-0.1, -0.05) is 13.8 Å². The van der Waals surface area contributed by atoms with Crippen LogP contribution in [0.1, 0.15) is 38.5 Å². The zero-order valence-corrected chi connectivity index (χ0v) is 7.83. The Morgan fingerprint density at radius 2 is 2.08 bits per heavy atom. The largest absolute Gasteiger partial charge is 0.321 e. The molecule has 0 aliphatic carbocycles. The Balaban J connectivity index is 2.64. The Kier molecular flexibility index (Phi) is 2.81. The fourth-order valence-corrected chi connectivity index (χ4v) is 0.992. The van der Waals surface area contributed by atoms with E-state index in [1.54, 1.807) is 0 Å². The highest BCUT2D eigenvalue weighted by Gasteiger charge is 2.07. The van der Waals surface area contributed by atoms with Gasteiger partial charge in [0.1, 0.15) is 5.82 Å². The predicted octanol–water partition coefficient (Wildman–Crippen LogP) is 1.02. The van der Waals surface area contributed by atoms with Crippen molar-refractivity contribution in [3.63, 3.8) is 0 Å². The first kappa shape index (κ1) is 9.19. The van der Waals surface area contributed by atoms with Gasteiger partial charge in [0.05, 0.1) is 6.04 Å². The molecule has 0 bridgehead atoms. The van der Waals surface area contributed by atoms with E-state index in [9.17, 15) is 0 Å². The third kappa shape index (κ3) is 2.30. The molecular formula is C8H16N4. The second-order valence-corrected chi connectivity index (χ2v) is 3.53.